The molecule has 1 heterocycles. The molecule has 3 nitrogen and oxygen atoms in total. The molecule has 0 spiro atoms. The lowest BCUT2D eigenvalue weighted by atomic mass is 10.2. The molecule has 0 amide bonds. The van der Waals surface area contributed by atoms with E-state index in [1.165, 1.54) is 11.8 Å². The van der Waals surface area contributed by atoms with Gasteiger partial charge in [-0.1, -0.05) is 30.0 Å². The van der Waals surface area contributed by atoms with Gasteiger partial charge in [0.15, 0.2) is 6.29 Å². The first-order chi connectivity index (χ1) is 10.3. The van der Waals surface area contributed by atoms with Gasteiger partial charge in [0, 0.05) is 15.8 Å². The summed E-state index contributed by atoms with van der Waals surface area (Å²) >= 11 is 1.47. The first-order valence-electron chi connectivity index (χ1n) is 6.47. The Labute approximate surface area is 127 Å². The fourth-order valence-electron chi connectivity index (χ4n) is 2.04. The highest BCUT2D eigenvalue weighted by molar-refractivity contribution is 7.99. The van der Waals surface area contributed by atoms with Gasteiger partial charge in [-0.15, -0.1) is 0 Å². The van der Waals surface area contributed by atoms with Crippen LogP contribution in [0, 0.1) is 0 Å². The van der Waals surface area contributed by atoms with Crippen LogP contribution in [0.5, 0.6) is 5.75 Å². The van der Waals surface area contributed by atoms with Crippen LogP contribution in [0.2, 0.25) is 0 Å². The number of pyridine rings is 1. The number of hydrogen-bond acceptors (Lipinski definition) is 4. The number of para-hydroxylation sites is 1. The van der Waals surface area contributed by atoms with E-state index < -0.39 is 0 Å². The zero-order chi connectivity index (χ0) is 14.7. The summed E-state index contributed by atoms with van der Waals surface area (Å²) in [6.45, 7) is 0. The summed E-state index contributed by atoms with van der Waals surface area (Å²) in [7, 11) is 1.64. The lowest BCUT2D eigenvalue weighted by molar-refractivity contribution is 0.112. The summed E-state index contributed by atoms with van der Waals surface area (Å²) in [4.78, 5) is 16.9. The standard InChI is InChI=1S/C17H13NO2S/c1-20-14-6-8-15(9-7-14)21-17-13(11-19)10-12-4-2-3-5-16(12)18-17/h2-11H,1H3. The second kappa shape index (κ2) is 5.97. The van der Waals surface area contributed by atoms with Gasteiger partial charge >= 0.3 is 0 Å². The van der Waals surface area contributed by atoms with Crippen LogP contribution in [-0.4, -0.2) is 18.4 Å². The number of rotatable bonds is 4. The van der Waals surface area contributed by atoms with Crippen molar-refractivity contribution in [2.24, 2.45) is 0 Å². The molecule has 2 aromatic carbocycles. The lowest BCUT2D eigenvalue weighted by Crippen LogP contribution is -1.91. The number of carbonyl (C=O) groups excluding carboxylic acids is 1. The molecule has 104 valence electrons. The van der Waals surface area contributed by atoms with E-state index in [-0.39, 0.29) is 0 Å². The average Bonchev–Trinajstić information content (AvgIpc) is 2.55. The zero-order valence-electron chi connectivity index (χ0n) is 11.4. The third kappa shape index (κ3) is 2.90. The molecule has 0 radical (unpaired) electrons. The van der Waals surface area contributed by atoms with Crippen molar-refractivity contribution in [1.82, 2.24) is 4.98 Å². The molecule has 1 aromatic heterocycles. The molecule has 0 aliphatic carbocycles. The Morgan fingerprint density at radius 2 is 1.86 bits per heavy atom. The molecule has 0 saturated heterocycles. The molecule has 0 atom stereocenters. The van der Waals surface area contributed by atoms with E-state index in [2.05, 4.69) is 4.98 Å². The fourth-order valence-corrected chi connectivity index (χ4v) is 2.90. The minimum atomic E-state index is 0.606. The van der Waals surface area contributed by atoms with Gasteiger partial charge in [-0.2, -0.15) is 0 Å². The second-order valence-corrected chi connectivity index (χ2v) is 5.53. The number of nitrogens with zero attached hydrogens (tertiary/aromatic N) is 1. The summed E-state index contributed by atoms with van der Waals surface area (Å²) in [6, 6.07) is 17.4. The SMILES string of the molecule is COc1ccc(Sc2nc3ccccc3cc2C=O)cc1. The number of carbonyl (C=O) groups is 1. The number of fused-ring (bicyclic) bond motifs is 1. The third-order valence-electron chi connectivity index (χ3n) is 3.12. The normalized spacial score (nSPS) is 10.5. The van der Waals surface area contributed by atoms with Crippen LogP contribution in [0.25, 0.3) is 10.9 Å². The maximum absolute atomic E-state index is 11.3. The fraction of sp³-hybridized carbons (Fsp3) is 0.0588. The number of aldehydes is 1. The first-order valence-corrected chi connectivity index (χ1v) is 7.28. The summed E-state index contributed by atoms with van der Waals surface area (Å²) in [5.41, 5.74) is 1.49. The highest BCUT2D eigenvalue weighted by atomic mass is 32.2. The van der Waals surface area contributed by atoms with E-state index in [1.807, 2.05) is 54.6 Å². The van der Waals surface area contributed by atoms with Crippen molar-refractivity contribution in [2.45, 2.75) is 9.92 Å². The van der Waals surface area contributed by atoms with E-state index in [0.29, 0.717) is 10.6 Å². The Kier molecular flexibility index (Phi) is 3.88. The van der Waals surface area contributed by atoms with Gasteiger partial charge in [0.05, 0.1) is 12.6 Å². The lowest BCUT2D eigenvalue weighted by Gasteiger charge is -2.07. The van der Waals surface area contributed by atoms with Gasteiger partial charge in [-0.25, -0.2) is 4.98 Å². The molecular formula is C17H13NO2S. The topological polar surface area (TPSA) is 39.2 Å². The molecule has 0 fully saturated rings. The highest BCUT2D eigenvalue weighted by Crippen LogP contribution is 2.31. The Balaban J connectivity index is 1.99. The minimum absolute atomic E-state index is 0.606. The van der Waals surface area contributed by atoms with Crippen LogP contribution < -0.4 is 4.74 Å². The van der Waals surface area contributed by atoms with Crippen molar-refractivity contribution in [1.29, 1.82) is 0 Å². The number of ether oxygens (including phenoxy) is 1. The number of aromatic nitrogens is 1. The van der Waals surface area contributed by atoms with E-state index in [1.54, 1.807) is 7.11 Å². The van der Waals surface area contributed by atoms with Gasteiger partial charge in [-0.05, 0) is 36.4 Å². The monoisotopic (exact) mass is 295 g/mol. The molecule has 4 heteroatoms. The van der Waals surface area contributed by atoms with Gasteiger partial charge in [0.25, 0.3) is 0 Å². The predicted molar refractivity (Wildman–Crippen MR) is 84.2 cm³/mol. The third-order valence-corrected chi connectivity index (χ3v) is 4.15. The van der Waals surface area contributed by atoms with Crippen molar-refractivity contribution >= 4 is 29.0 Å². The maximum Gasteiger partial charge on any atom is 0.152 e. The molecule has 0 saturated carbocycles. The first kappa shape index (κ1) is 13.6. The molecule has 21 heavy (non-hydrogen) atoms. The molecule has 3 aromatic rings. The van der Waals surface area contributed by atoms with Crippen LogP contribution in [0.15, 0.2) is 64.5 Å². The van der Waals surface area contributed by atoms with Crippen LogP contribution in [0.1, 0.15) is 10.4 Å². The van der Waals surface area contributed by atoms with Crippen molar-refractivity contribution in [3.05, 3.63) is 60.2 Å². The van der Waals surface area contributed by atoms with Crippen LogP contribution in [0.4, 0.5) is 0 Å². The van der Waals surface area contributed by atoms with Gasteiger partial charge in [0.2, 0.25) is 0 Å². The van der Waals surface area contributed by atoms with Crippen molar-refractivity contribution in [2.75, 3.05) is 7.11 Å². The molecule has 0 aliphatic rings. The summed E-state index contributed by atoms with van der Waals surface area (Å²) in [6.07, 6.45) is 0.852. The Morgan fingerprint density at radius 3 is 2.57 bits per heavy atom. The van der Waals surface area contributed by atoms with Crippen LogP contribution >= 0.6 is 11.8 Å². The molecule has 0 aliphatic heterocycles. The predicted octanol–water partition coefficient (Wildman–Crippen LogP) is 4.21. The van der Waals surface area contributed by atoms with Gasteiger partial charge in [0.1, 0.15) is 10.8 Å². The zero-order valence-corrected chi connectivity index (χ0v) is 12.3. The van der Waals surface area contributed by atoms with Crippen molar-refractivity contribution in [3.8, 4) is 5.75 Å². The van der Waals surface area contributed by atoms with Gasteiger partial charge in [-0.3, -0.25) is 4.79 Å². The minimum Gasteiger partial charge on any atom is -0.497 e. The Morgan fingerprint density at radius 1 is 1.10 bits per heavy atom. The average molecular weight is 295 g/mol. The van der Waals surface area contributed by atoms with Crippen molar-refractivity contribution < 1.29 is 9.53 Å². The summed E-state index contributed by atoms with van der Waals surface area (Å²) in [5, 5.41) is 1.69. The second-order valence-electron chi connectivity index (χ2n) is 4.47. The van der Waals surface area contributed by atoms with E-state index in [0.717, 1.165) is 27.8 Å². The largest absolute Gasteiger partial charge is 0.497 e. The molecule has 0 bridgehead atoms. The van der Waals surface area contributed by atoms with Crippen LogP contribution in [-0.2, 0) is 0 Å². The van der Waals surface area contributed by atoms with Crippen molar-refractivity contribution in [3.63, 3.8) is 0 Å². The Bertz CT molecular complexity index is 784. The number of hydrogen-bond donors (Lipinski definition) is 0. The molecular weight excluding hydrogens is 282 g/mol. The molecule has 0 unspecified atom stereocenters. The van der Waals surface area contributed by atoms with E-state index in [9.17, 15) is 4.79 Å². The maximum atomic E-state index is 11.3. The van der Waals surface area contributed by atoms with E-state index in [4.69, 9.17) is 4.74 Å². The summed E-state index contributed by atoms with van der Waals surface area (Å²) in [5.74, 6) is 0.807. The number of benzene rings is 2. The van der Waals surface area contributed by atoms with Gasteiger partial charge < -0.3 is 4.74 Å². The highest BCUT2D eigenvalue weighted by Gasteiger charge is 2.08. The smallest absolute Gasteiger partial charge is 0.152 e. The van der Waals surface area contributed by atoms with Crippen LogP contribution in [0.3, 0.4) is 0 Å². The summed E-state index contributed by atoms with van der Waals surface area (Å²) < 4.78 is 5.14. The quantitative estimate of drug-likeness (QED) is 0.676. The van der Waals surface area contributed by atoms with E-state index >= 15 is 0 Å². The Hall–Kier alpha value is -2.33. The number of methoxy groups -OCH3 is 1. The molecule has 3 rings (SSSR count). The molecule has 0 N–H and O–H groups in total.